The number of piperidine rings is 1. The van der Waals surface area contributed by atoms with Gasteiger partial charge in [-0.15, -0.1) is 0 Å². The molecule has 1 aliphatic carbocycles. The zero-order chi connectivity index (χ0) is 20.4. The van der Waals surface area contributed by atoms with E-state index in [4.69, 9.17) is 10.8 Å². The fourth-order valence-corrected chi connectivity index (χ4v) is 4.64. The maximum Gasteiger partial charge on any atom is 0.252 e. The molecule has 1 aromatic heterocycles. The second-order valence-corrected chi connectivity index (χ2v) is 8.12. The molecular weight excluding hydrogens is 364 g/mol. The predicted molar refractivity (Wildman–Crippen MR) is 112 cm³/mol. The third kappa shape index (κ3) is 3.97. The molecule has 1 saturated heterocycles. The van der Waals surface area contributed by atoms with E-state index < -0.39 is 5.91 Å². The van der Waals surface area contributed by atoms with Gasteiger partial charge in [-0.1, -0.05) is 43.7 Å². The first-order valence-corrected chi connectivity index (χ1v) is 10.5. The lowest BCUT2D eigenvalue weighted by Crippen LogP contribution is -2.40. The Morgan fingerprint density at radius 1 is 1.10 bits per heavy atom. The van der Waals surface area contributed by atoms with E-state index in [1.807, 2.05) is 16.8 Å². The molecule has 0 unspecified atom stereocenters. The fourth-order valence-electron chi connectivity index (χ4n) is 4.64. The van der Waals surface area contributed by atoms with E-state index >= 15 is 0 Å². The van der Waals surface area contributed by atoms with Crippen molar-refractivity contribution in [3.8, 4) is 11.3 Å². The second kappa shape index (κ2) is 8.23. The lowest BCUT2D eigenvalue weighted by molar-refractivity contribution is -0.127. The smallest absolute Gasteiger partial charge is 0.252 e. The van der Waals surface area contributed by atoms with Crippen molar-refractivity contribution >= 4 is 11.8 Å². The molecule has 2 amide bonds. The van der Waals surface area contributed by atoms with E-state index in [1.165, 1.54) is 37.3 Å². The molecular formula is C23H28N4O2. The molecule has 152 valence electrons. The van der Waals surface area contributed by atoms with Crippen molar-refractivity contribution in [3.05, 3.63) is 54.2 Å². The van der Waals surface area contributed by atoms with Gasteiger partial charge in [-0.2, -0.15) is 5.10 Å². The van der Waals surface area contributed by atoms with Gasteiger partial charge in [-0.3, -0.25) is 14.3 Å². The molecule has 6 nitrogen and oxygen atoms in total. The molecule has 1 aromatic carbocycles. The van der Waals surface area contributed by atoms with E-state index in [-0.39, 0.29) is 11.9 Å². The molecule has 2 aliphatic rings. The van der Waals surface area contributed by atoms with Crippen LogP contribution in [0.2, 0.25) is 0 Å². The van der Waals surface area contributed by atoms with E-state index in [2.05, 4.69) is 18.7 Å². The van der Waals surface area contributed by atoms with E-state index in [0.29, 0.717) is 23.7 Å². The molecule has 2 N–H and O–H groups in total. The van der Waals surface area contributed by atoms with Crippen molar-refractivity contribution in [1.29, 1.82) is 0 Å². The number of nitrogens with two attached hydrogens (primary N) is 1. The lowest BCUT2D eigenvalue weighted by Gasteiger charge is -2.32. The largest absolute Gasteiger partial charge is 0.365 e. The summed E-state index contributed by atoms with van der Waals surface area (Å²) in [4.78, 5) is 25.8. The summed E-state index contributed by atoms with van der Waals surface area (Å²) >= 11 is 0. The topological polar surface area (TPSA) is 81.2 Å². The van der Waals surface area contributed by atoms with Gasteiger partial charge in [0.1, 0.15) is 5.69 Å². The van der Waals surface area contributed by atoms with Gasteiger partial charge in [0.15, 0.2) is 0 Å². The zero-order valence-electron chi connectivity index (χ0n) is 16.7. The Kier molecular flexibility index (Phi) is 5.51. The van der Waals surface area contributed by atoms with Crippen molar-refractivity contribution < 1.29 is 9.59 Å². The van der Waals surface area contributed by atoms with Crippen LogP contribution in [0.5, 0.6) is 0 Å². The van der Waals surface area contributed by atoms with Crippen LogP contribution in [0, 0.1) is 0 Å². The molecule has 1 atom stereocenters. The number of primary amides is 1. The van der Waals surface area contributed by atoms with Gasteiger partial charge in [0.05, 0.1) is 11.6 Å². The number of carbonyl (C=O) groups is 2. The van der Waals surface area contributed by atoms with Crippen LogP contribution >= 0.6 is 0 Å². The third-order valence-electron chi connectivity index (χ3n) is 6.27. The summed E-state index contributed by atoms with van der Waals surface area (Å²) in [5, 5.41) is 4.72. The molecule has 2 heterocycles. The van der Waals surface area contributed by atoms with Crippen molar-refractivity contribution in [2.24, 2.45) is 5.73 Å². The number of aromatic nitrogens is 2. The normalized spacial score (nSPS) is 20.0. The first-order valence-electron chi connectivity index (χ1n) is 10.5. The average molecular weight is 393 g/mol. The minimum Gasteiger partial charge on any atom is -0.365 e. The van der Waals surface area contributed by atoms with Crippen molar-refractivity contribution in [1.82, 2.24) is 14.7 Å². The predicted octanol–water partition coefficient (Wildman–Crippen LogP) is 3.66. The van der Waals surface area contributed by atoms with Crippen LogP contribution in [0.3, 0.4) is 0 Å². The van der Waals surface area contributed by atoms with E-state index in [0.717, 1.165) is 24.9 Å². The van der Waals surface area contributed by atoms with Crippen molar-refractivity contribution in [2.45, 2.75) is 50.5 Å². The number of hydrogen-bond donors (Lipinski definition) is 1. The molecule has 0 bridgehead atoms. The summed E-state index contributed by atoms with van der Waals surface area (Å²) < 4.78 is 1.81. The SMILES string of the molecule is C=CC(=O)N1CCC[C@@H](n2cc(C(N)=O)c(-c3ccc(C4CCCC4)cc3)n2)C1. The summed E-state index contributed by atoms with van der Waals surface area (Å²) in [6.45, 7) is 4.86. The van der Waals surface area contributed by atoms with Gasteiger partial charge in [0.25, 0.3) is 5.91 Å². The van der Waals surface area contributed by atoms with Crippen LogP contribution in [-0.4, -0.2) is 39.6 Å². The van der Waals surface area contributed by atoms with Crippen molar-refractivity contribution in [3.63, 3.8) is 0 Å². The molecule has 4 rings (SSSR count). The molecule has 6 heteroatoms. The summed E-state index contributed by atoms with van der Waals surface area (Å²) in [6.07, 6.45) is 9.98. The lowest BCUT2D eigenvalue weighted by atomic mass is 9.96. The van der Waals surface area contributed by atoms with Crippen LogP contribution < -0.4 is 5.73 Å². The Bertz CT molecular complexity index is 909. The monoisotopic (exact) mass is 392 g/mol. The standard InChI is InChI=1S/C23H28N4O2/c1-2-21(28)26-13-5-8-19(14-26)27-15-20(23(24)29)22(25-27)18-11-9-17(10-12-18)16-6-3-4-7-16/h2,9-12,15-16,19H,1,3-8,13-14H2,(H2,24,29)/t19-/m1/s1. The molecule has 2 aromatic rings. The highest BCUT2D eigenvalue weighted by atomic mass is 16.2. The molecule has 1 saturated carbocycles. The van der Waals surface area contributed by atoms with Gasteiger partial charge in [-0.05, 0) is 43.2 Å². The minimum absolute atomic E-state index is 0.0252. The summed E-state index contributed by atoms with van der Waals surface area (Å²) in [7, 11) is 0. The van der Waals surface area contributed by atoms with Gasteiger partial charge < -0.3 is 10.6 Å². The van der Waals surface area contributed by atoms with Crippen LogP contribution in [-0.2, 0) is 4.79 Å². The van der Waals surface area contributed by atoms with Crippen LogP contribution in [0.4, 0.5) is 0 Å². The summed E-state index contributed by atoms with van der Waals surface area (Å²) in [5.41, 5.74) is 8.94. The zero-order valence-corrected chi connectivity index (χ0v) is 16.7. The Labute approximate surface area is 171 Å². The molecule has 0 radical (unpaired) electrons. The van der Waals surface area contributed by atoms with Gasteiger partial charge >= 0.3 is 0 Å². The first kappa shape index (κ1) is 19.4. The highest BCUT2D eigenvalue weighted by molar-refractivity contribution is 5.98. The van der Waals surface area contributed by atoms with Gasteiger partial charge in [0.2, 0.25) is 5.91 Å². The van der Waals surface area contributed by atoms with Crippen LogP contribution in [0.1, 0.15) is 66.4 Å². The number of hydrogen-bond acceptors (Lipinski definition) is 3. The quantitative estimate of drug-likeness (QED) is 0.789. The highest BCUT2D eigenvalue weighted by Gasteiger charge is 2.26. The van der Waals surface area contributed by atoms with Crippen molar-refractivity contribution in [2.75, 3.05) is 13.1 Å². The molecule has 29 heavy (non-hydrogen) atoms. The Balaban J connectivity index is 1.60. The number of nitrogens with zero attached hydrogens (tertiary/aromatic N) is 3. The molecule has 0 spiro atoms. The maximum atomic E-state index is 12.1. The summed E-state index contributed by atoms with van der Waals surface area (Å²) in [5.74, 6) is 0.0912. The number of rotatable bonds is 5. The van der Waals surface area contributed by atoms with Crippen LogP contribution in [0.25, 0.3) is 11.3 Å². The van der Waals surface area contributed by atoms with Crippen LogP contribution in [0.15, 0.2) is 43.1 Å². The van der Waals surface area contributed by atoms with Gasteiger partial charge in [-0.25, -0.2) is 0 Å². The molecule has 1 aliphatic heterocycles. The number of likely N-dealkylation sites (tertiary alicyclic amines) is 1. The van der Waals surface area contributed by atoms with Gasteiger partial charge in [0, 0.05) is 24.8 Å². The fraction of sp³-hybridized carbons (Fsp3) is 0.435. The average Bonchev–Trinajstić information content (AvgIpc) is 3.44. The first-order chi connectivity index (χ1) is 14.1. The number of carbonyl (C=O) groups excluding carboxylic acids is 2. The van der Waals surface area contributed by atoms with E-state index in [9.17, 15) is 9.59 Å². The maximum absolute atomic E-state index is 12.1. The number of amides is 2. The third-order valence-corrected chi connectivity index (χ3v) is 6.27. The molecule has 2 fully saturated rings. The second-order valence-electron chi connectivity index (χ2n) is 8.12. The Hall–Kier alpha value is -2.89. The minimum atomic E-state index is -0.485. The van der Waals surface area contributed by atoms with E-state index in [1.54, 1.807) is 11.1 Å². The number of benzene rings is 1. The highest BCUT2D eigenvalue weighted by Crippen LogP contribution is 2.35. The summed E-state index contributed by atoms with van der Waals surface area (Å²) in [6, 6.07) is 8.42. The Morgan fingerprint density at radius 3 is 2.48 bits per heavy atom. The Morgan fingerprint density at radius 2 is 1.83 bits per heavy atom.